The Hall–Kier alpha value is -0.990. The van der Waals surface area contributed by atoms with Crippen LogP contribution in [0, 0.1) is 46.3 Å². The highest BCUT2D eigenvalue weighted by Gasteiger charge is 2.59. The molecule has 5 rings (SSSR count). The quantitative estimate of drug-likeness (QED) is 0.0430. The number of fused-ring (bicyclic) bond motifs is 5. The molecule has 3 saturated carbocycles. The largest absolute Gasteiger partial charge is 0.463 e. The van der Waals surface area contributed by atoms with Crippen molar-refractivity contribution in [3.63, 3.8) is 0 Å². The summed E-state index contributed by atoms with van der Waals surface area (Å²) in [5, 5.41) is 32.6. The van der Waals surface area contributed by atoms with E-state index >= 15 is 0 Å². The minimum Gasteiger partial charge on any atom is -0.463 e. The maximum atomic E-state index is 12.8. The van der Waals surface area contributed by atoms with E-state index in [2.05, 4.69) is 47.6 Å². The number of ether oxygens (including phenoxy) is 3. The normalized spacial score (nSPS) is 36.5. The van der Waals surface area contributed by atoms with Crippen molar-refractivity contribution in [1.29, 1.82) is 0 Å². The molecule has 3 N–H and O–H groups in total. The van der Waals surface area contributed by atoms with Crippen LogP contribution < -0.4 is 0 Å². The molecule has 0 aromatic rings. The molecule has 0 bridgehead atoms. The van der Waals surface area contributed by atoms with Crippen molar-refractivity contribution in [2.45, 2.75) is 265 Å². The summed E-state index contributed by atoms with van der Waals surface area (Å²) < 4.78 is 26.3. The van der Waals surface area contributed by atoms with Gasteiger partial charge in [-0.15, -0.1) is 0 Å². The molecule has 0 aromatic heterocycles. The van der Waals surface area contributed by atoms with Crippen LogP contribution in [0.2, 0.25) is 0 Å². The Morgan fingerprint density at radius 1 is 0.767 bits per heavy atom. The van der Waals surface area contributed by atoms with E-state index in [1.807, 2.05) is 0 Å². The number of aliphatic hydroxyl groups is 3. The van der Waals surface area contributed by atoms with E-state index in [1.165, 1.54) is 134 Å². The van der Waals surface area contributed by atoms with Gasteiger partial charge in [-0.3, -0.25) is 4.79 Å². The van der Waals surface area contributed by atoms with Gasteiger partial charge in [0.25, 0.3) is 0 Å². The summed E-state index contributed by atoms with van der Waals surface area (Å²) in [6.07, 6.45) is 29.0. The average molecular weight is 844 g/mol. The first-order chi connectivity index (χ1) is 29.3. The Morgan fingerprint density at radius 3 is 2.00 bits per heavy atom. The van der Waals surface area contributed by atoms with Gasteiger partial charge in [0.1, 0.15) is 31.0 Å². The summed E-state index contributed by atoms with van der Waals surface area (Å²) in [5.74, 6) is 4.05. The Kier molecular flexibility index (Phi) is 20.1. The number of hydrogen-bond donors (Lipinski definition) is 3. The highest BCUT2D eigenvalue weighted by Crippen LogP contribution is 2.67. The SMILES string of the molecule is [2H]C(CCCCCCCCCCCCCCCCCC)C(=O)OC[C@H]1OC(O[C@H]2CC[C@@]3(C)C(=CC[C@H]4[C@@H]5CC[C@H]([C@H](C)CCCC(C)C)[C@@]5(C)CC[C@@H]43)C2)[C@H](O)[C@@H](O)[C@@H]1O. The fourth-order valence-electron chi connectivity index (χ4n) is 13.3. The standard InChI is InChI=1S/C53H94O7/c1-7-8-9-10-11-12-13-14-15-16-17-18-19-20-21-22-23-27-47(54)58-37-46-48(55)49(56)50(57)51(60-46)59-41-32-34-52(5)40(36-41)28-29-42-44-31-30-43(39(4)26-24-25-38(2)3)53(44,6)35-33-45(42)52/h28,38-39,41-46,48-51,55-57H,7-27,29-37H2,1-6H3/t39-,41+,42+,43-,44+,45+,46-,48-,49+,50-,51?,52+,53-/m1/s1/i27D/t27?,39-,41+,42+,43-,44+,45+,46-,48-,49+,50-,51?,52+,53-. The van der Waals surface area contributed by atoms with Crippen molar-refractivity contribution in [3.8, 4) is 0 Å². The minimum atomic E-state index is -1.49. The van der Waals surface area contributed by atoms with Crippen molar-refractivity contribution in [2.24, 2.45) is 46.3 Å². The van der Waals surface area contributed by atoms with E-state index in [0.717, 1.165) is 74.5 Å². The van der Waals surface area contributed by atoms with E-state index in [4.69, 9.17) is 15.6 Å². The molecule has 0 radical (unpaired) electrons. The summed E-state index contributed by atoms with van der Waals surface area (Å²) in [5.41, 5.74) is 2.09. The van der Waals surface area contributed by atoms with Crippen LogP contribution in [0.3, 0.4) is 0 Å². The van der Waals surface area contributed by atoms with Crippen LogP contribution in [0.1, 0.15) is 229 Å². The molecule has 1 saturated heterocycles. The maximum Gasteiger partial charge on any atom is 0.305 e. The molecule has 7 nitrogen and oxygen atoms in total. The first-order valence-corrected chi connectivity index (χ1v) is 25.9. The molecule has 4 fully saturated rings. The molecule has 1 aliphatic heterocycles. The van der Waals surface area contributed by atoms with Crippen molar-refractivity contribution in [3.05, 3.63) is 11.6 Å². The number of carbonyl (C=O) groups excluding carboxylic acids is 1. The van der Waals surface area contributed by atoms with Crippen LogP contribution >= 0.6 is 0 Å². The average Bonchev–Trinajstić information content (AvgIpc) is 3.60. The highest BCUT2D eigenvalue weighted by molar-refractivity contribution is 5.69. The third-order valence-corrected chi connectivity index (χ3v) is 17.0. The molecule has 0 amide bonds. The van der Waals surface area contributed by atoms with E-state index in [9.17, 15) is 20.1 Å². The van der Waals surface area contributed by atoms with Gasteiger partial charge in [-0.1, -0.05) is 175 Å². The summed E-state index contributed by atoms with van der Waals surface area (Å²) in [6, 6.07) is 0. The highest BCUT2D eigenvalue weighted by atomic mass is 16.7. The van der Waals surface area contributed by atoms with Crippen molar-refractivity contribution >= 4 is 5.97 Å². The number of hydrogen-bond acceptors (Lipinski definition) is 7. The fraction of sp³-hybridized carbons (Fsp3) is 0.943. The van der Waals surface area contributed by atoms with E-state index < -0.39 is 43.1 Å². The zero-order chi connectivity index (χ0) is 44.0. The van der Waals surface area contributed by atoms with Crippen LogP contribution in [0.25, 0.3) is 0 Å². The Labute approximate surface area is 369 Å². The third kappa shape index (κ3) is 13.5. The monoisotopic (exact) mass is 844 g/mol. The maximum absolute atomic E-state index is 12.8. The second kappa shape index (κ2) is 24.9. The van der Waals surface area contributed by atoms with Crippen LogP contribution in [0.4, 0.5) is 0 Å². The number of unbranched alkanes of at least 4 members (excludes halogenated alkanes) is 15. The van der Waals surface area contributed by atoms with Crippen LogP contribution in [-0.4, -0.2) is 64.7 Å². The number of aliphatic hydroxyl groups excluding tert-OH is 3. The van der Waals surface area contributed by atoms with Gasteiger partial charge in [-0.2, -0.15) is 0 Å². The van der Waals surface area contributed by atoms with Gasteiger partial charge in [-0.05, 0) is 104 Å². The minimum absolute atomic E-state index is 0.155. The number of carbonyl (C=O) groups is 1. The van der Waals surface area contributed by atoms with Gasteiger partial charge in [0, 0.05) is 7.77 Å². The van der Waals surface area contributed by atoms with E-state index in [1.54, 1.807) is 0 Å². The zero-order valence-electron chi connectivity index (χ0n) is 40.6. The smallest absolute Gasteiger partial charge is 0.305 e. The Morgan fingerprint density at radius 2 is 1.38 bits per heavy atom. The zero-order valence-corrected chi connectivity index (χ0v) is 39.6. The van der Waals surface area contributed by atoms with Gasteiger partial charge in [0.2, 0.25) is 0 Å². The number of allylic oxidation sites excluding steroid dienone is 1. The summed E-state index contributed by atoms with van der Waals surface area (Å²) in [4.78, 5) is 12.8. The predicted molar refractivity (Wildman–Crippen MR) is 244 cm³/mol. The van der Waals surface area contributed by atoms with Crippen molar-refractivity contribution in [1.82, 2.24) is 0 Å². The molecular formula is C53H94O7. The van der Waals surface area contributed by atoms with Crippen LogP contribution in [-0.2, 0) is 19.0 Å². The summed E-state index contributed by atoms with van der Waals surface area (Å²) in [6.45, 7) is 14.4. The Bertz CT molecular complexity index is 1310. The lowest BCUT2D eigenvalue weighted by Crippen LogP contribution is -2.60. The molecule has 0 spiro atoms. The van der Waals surface area contributed by atoms with Crippen LogP contribution in [0.15, 0.2) is 11.6 Å². The second-order valence-corrected chi connectivity index (χ2v) is 21.7. The third-order valence-electron chi connectivity index (χ3n) is 17.0. The van der Waals surface area contributed by atoms with Gasteiger partial charge in [0.05, 0.1) is 6.10 Å². The van der Waals surface area contributed by atoms with Gasteiger partial charge < -0.3 is 29.5 Å². The van der Waals surface area contributed by atoms with Crippen molar-refractivity contribution < 1.29 is 35.7 Å². The first kappa shape index (κ1) is 48.5. The van der Waals surface area contributed by atoms with Gasteiger partial charge >= 0.3 is 5.97 Å². The summed E-state index contributed by atoms with van der Waals surface area (Å²) in [7, 11) is 0. The second-order valence-electron chi connectivity index (χ2n) is 21.7. The first-order valence-electron chi connectivity index (χ1n) is 26.5. The molecule has 7 heteroatoms. The fourth-order valence-corrected chi connectivity index (χ4v) is 13.3. The van der Waals surface area contributed by atoms with Crippen LogP contribution in [0.5, 0.6) is 0 Å². The van der Waals surface area contributed by atoms with E-state index in [-0.39, 0.29) is 18.1 Å². The van der Waals surface area contributed by atoms with Gasteiger partial charge in [-0.25, -0.2) is 0 Å². The lowest BCUT2D eigenvalue weighted by atomic mass is 9.47. The number of rotatable bonds is 27. The summed E-state index contributed by atoms with van der Waals surface area (Å²) >= 11 is 0. The molecule has 348 valence electrons. The molecule has 14 atom stereocenters. The van der Waals surface area contributed by atoms with E-state index in [0.29, 0.717) is 17.8 Å². The molecule has 60 heavy (non-hydrogen) atoms. The lowest BCUT2D eigenvalue weighted by Gasteiger charge is -2.58. The Balaban J connectivity index is 0.992. The van der Waals surface area contributed by atoms with Crippen molar-refractivity contribution in [2.75, 3.05) is 6.61 Å². The van der Waals surface area contributed by atoms with Gasteiger partial charge in [0.15, 0.2) is 6.29 Å². The molecular weight excluding hydrogens is 749 g/mol. The topological polar surface area (TPSA) is 105 Å². The molecule has 4 aliphatic carbocycles. The molecule has 2 unspecified atom stereocenters. The molecule has 1 heterocycles. The molecule has 0 aromatic carbocycles. The lowest BCUT2D eigenvalue weighted by molar-refractivity contribution is -0.313. The molecule has 5 aliphatic rings. The predicted octanol–water partition coefficient (Wildman–Crippen LogP) is 12.8. The number of esters is 1.